The summed E-state index contributed by atoms with van der Waals surface area (Å²) in [5.41, 5.74) is 3.73. The van der Waals surface area contributed by atoms with Crippen LogP contribution in [0.1, 0.15) is 26.7 Å². The topological polar surface area (TPSA) is 117 Å². The number of nitrogens with zero attached hydrogens (tertiary/aromatic N) is 4. The standard InChI is InChI=1S/C18H27N5O5S/c1-13-11-22(12-14(2)28-13)29(26,27)18-10-16(23(24)25)4-5-17(18)20-19-15-6-8-21(3)9-7-15/h4-5,10,13-14,20H,6-9,11-12H2,1-3H3/t13-,14-/m0/s1. The zero-order chi connectivity index (χ0) is 21.2. The van der Waals surface area contributed by atoms with Gasteiger partial charge in [0.1, 0.15) is 4.90 Å². The van der Waals surface area contributed by atoms with Gasteiger partial charge in [0.05, 0.1) is 22.8 Å². The van der Waals surface area contributed by atoms with Gasteiger partial charge in [0.25, 0.3) is 5.69 Å². The largest absolute Gasteiger partial charge is 0.373 e. The van der Waals surface area contributed by atoms with Crippen molar-refractivity contribution in [3.63, 3.8) is 0 Å². The van der Waals surface area contributed by atoms with Crippen LogP contribution in [0.3, 0.4) is 0 Å². The number of nitrogens with one attached hydrogen (secondary N) is 1. The average Bonchev–Trinajstić information content (AvgIpc) is 2.66. The van der Waals surface area contributed by atoms with Crippen LogP contribution in [-0.4, -0.2) is 73.7 Å². The molecular formula is C18H27N5O5S. The molecule has 1 N–H and O–H groups in total. The molecule has 0 radical (unpaired) electrons. The van der Waals surface area contributed by atoms with Gasteiger partial charge in [-0.25, -0.2) is 8.42 Å². The third kappa shape index (κ3) is 5.10. The monoisotopic (exact) mass is 425 g/mol. The van der Waals surface area contributed by atoms with Crippen LogP contribution in [0.25, 0.3) is 0 Å². The van der Waals surface area contributed by atoms with E-state index in [9.17, 15) is 18.5 Å². The van der Waals surface area contributed by atoms with Gasteiger partial charge in [-0.3, -0.25) is 15.5 Å². The van der Waals surface area contributed by atoms with Gasteiger partial charge in [0.15, 0.2) is 0 Å². The molecule has 0 bridgehead atoms. The molecule has 2 saturated heterocycles. The number of piperidine rings is 1. The molecule has 0 aromatic heterocycles. The van der Waals surface area contributed by atoms with E-state index in [-0.39, 0.29) is 41.6 Å². The molecule has 2 heterocycles. The van der Waals surface area contributed by atoms with Gasteiger partial charge >= 0.3 is 0 Å². The number of nitro benzene ring substituents is 1. The van der Waals surface area contributed by atoms with E-state index in [0.717, 1.165) is 37.7 Å². The lowest BCUT2D eigenvalue weighted by atomic mass is 10.1. The van der Waals surface area contributed by atoms with Crippen molar-refractivity contribution < 1.29 is 18.1 Å². The second kappa shape index (κ2) is 8.74. The molecule has 2 fully saturated rings. The number of non-ortho nitro benzene ring substituents is 1. The van der Waals surface area contributed by atoms with E-state index in [4.69, 9.17) is 4.74 Å². The van der Waals surface area contributed by atoms with Crippen LogP contribution < -0.4 is 5.43 Å². The van der Waals surface area contributed by atoms with Crippen LogP contribution >= 0.6 is 0 Å². The summed E-state index contributed by atoms with van der Waals surface area (Å²) in [6, 6.07) is 3.77. The quantitative estimate of drug-likeness (QED) is 0.565. The lowest BCUT2D eigenvalue weighted by Gasteiger charge is -2.34. The highest BCUT2D eigenvalue weighted by Gasteiger charge is 2.34. The Morgan fingerprint density at radius 1 is 1.21 bits per heavy atom. The van der Waals surface area contributed by atoms with Crippen LogP contribution in [0.4, 0.5) is 11.4 Å². The number of likely N-dealkylation sites (tertiary alicyclic amines) is 1. The summed E-state index contributed by atoms with van der Waals surface area (Å²) < 4.78 is 33.6. The zero-order valence-corrected chi connectivity index (χ0v) is 17.7. The molecule has 29 heavy (non-hydrogen) atoms. The summed E-state index contributed by atoms with van der Waals surface area (Å²) in [4.78, 5) is 12.7. The number of morpholine rings is 1. The van der Waals surface area contributed by atoms with Crippen LogP contribution in [0.5, 0.6) is 0 Å². The molecule has 3 rings (SSSR count). The number of nitro groups is 1. The Hall–Kier alpha value is -2.08. The van der Waals surface area contributed by atoms with Crippen molar-refractivity contribution in [2.75, 3.05) is 38.7 Å². The Morgan fingerprint density at radius 3 is 2.41 bits per heavy atom. The van der Waals surface area contributed by atoms with Crippen molar-refractivity contribution in [2.24, 2.45) is 5.10 Å². The Balaban J connectivity index is 1.93. The van der Waals surface area contributed by atoms with Gasteiger partial charge in [0, 0.05) is 56.9 Å². The molecule has 2 atom stereocenters. The fourth-order valence-corrected chi connectivity index (χ4v) is 5.28. The first kappa shape index (κ1) is 21.6. The second-order valence-corrected chi connectivity index (χ2v) is 9.52. The molecule has 2 aliphatic rings. The number of ether oxygens (including phenoxy) is 1. The van der Waals surface area contributed by atoms with Crippen molar-refractivity contribution in [3.8, 4) is 0 Å². The predicted octanol–water partition coefficient (Wildman–Crippen LogP) is 1.89. The highest BCUT2D eigenvalue weighted by atomic mass is 32.2. The van der Waals surface area contributed by atoms with Gasteiger partial charge in [-0.2, -0.15) is 9.41 Å². The maximum absolute atomic E-state index is 13.3. The fraction of sp³-hybridized carbons (Fsp3) is 0.611. The van der Waals surface area contributed by atoms with E-state index >= 15 is 0 Å². The minimum atomic E-state index is -3.97. The second-order valence-electron chi connectivity index (χ2n) is 7.61. The van der Waals surface area contributed by atoms with E-state index in [1.54, 1.807) is 13.8 Å². The minimum Gasteiger partial charge on any atom is -0.373 e. The van der Waals surface area contributed by atoms with Crippen LogP contribution in [0.15, 0.2) is 28.2 Å². The summed E-state index contributed by atoms with van der Waals surface area (Å²) >= 11 is 0. The van der Waals surface area contributed by atoms with Gasteiger partial charge in [-0.15, -0.1) is 0 Å². The molecule has 0 amide bonds. The number of rotatable bonds is 5. The first-order valence-electron chi connectivity index (χ1n) is 9.61. The molecule has 10 nitrogen and oxygen atoms in total. The molecule has 2 aliphatic heterocycles. The van der Waals surface area contributed by atoms with Crippen LogP contribution in [-0.2, 0) is 14.8 Å². The molecule has 1 aromatic carbocycles. The number of sulfonamides is 1. The molecule has 11 heteroatoms. The van der Waals surface area contributed by atoms with E-state index in [1.165, 1.54) is 16.4 Å². The maximum atomic E-state index is 13.3. The predicted molar refractivity (Wildman–Crippen MR) is 110 cm³/mol. The molecule has 160 valence electrons. The Bertz CT molecular complexity index is 884. The first-order valence-corrected chi connectivity index (χ1v) is 11.0. The molecule has 1 aromatic rings. The lowest BCUT2D eigenvalue weighted by molar-refractivity contribution is -0.385. The van der Waals surface area contributed by atoms with E-state index in [1.807, 2.05) is 7.05 Å². The lowest BCUT2D eigenvalue weighted by Crippen LogP contribution is -2.48. The molecule has 0 aliphatic carbocycles. The number of benzene rings is 1. The summed E-state index contributed by atoms with van der Waals surface area (Å²) in [5.74, 6) is 0. The number of hydrogen-bond acceptors (Lipinski definition) is 8. The highest BCUT2D eigenvalue weighted by Crippen LogP contribution is 2.31. The SMILES string of the molecule is C[C@H]1CN(S(=O)(=O)c2cc([N+](=O)[O-])ccc2NN=C2CCN(C)CC2)C[C@H](C)O1. The summed E-state index contributed by atoms with van der Waals surface area (Å²) in [6.07, 6.45) is 1.06. The molecule has 0 spiro atoms. The Kier molecular flexibility index (Phi) is 6.52. The first-order chi connectivity index (χ1) is 13.7. The van der Waals surface area contributed by atoms with Crippen molar-refractivity contribution in [1.29, 1.82) is 0 Å². The van der Waals surface area contributed by atoms with Crippen molar-refractivity contribution in [2.45, 2.75) is 43.8 Å². The van der Waals surface area contributed by atoms with E-state index in [2.05, 4.69) is 15.4 Å². The number of hydrogen-bond donors (Lipinski definition) is 1. The van der Waals surface area contributed by atoms with E-state index in [0.29, 0.717) is 0 Å². The Labute approximate surface area is 170 Å². The van der Waals surface area contributed by atoms with Crippen LogP contribution in [0, 0.1) is 10.1 Å². The van der Waals surface area contributed by atoms with Crippen molar-refractivity contribution in [1.82, 2.24) is 9.21 Å². The summed E-state index contributed by atoms with van der Waals surface area (Å²) in [5, 5.41) is 15.6. The average molecular weight is 426 g/mol. The third-order valence-corrected chi connectivity index (χ3v) is 6.95. The van der Waals surface area contributed by atoms with Crippen LogP contribution in [0.2, 0.25) is 0 Å². The maximum Gasteiger partial charge on any atom is 0.270 e. The third-order valence-electron chi connectivity index (χ3n) is 5.08. The van der Waals surface area contributed by atoms with Crippen molar-refractivity contribution >= 4 is 27.1 Å². The van der Waals surface area contributed by atoms with Gasteiger partial charge in [0.2, 0.25) is 10.0 Å². The Morgan fingerprint density at radius 2 is 1.83 bits per heavy atom. The van der Waals surface area contributed by atoms with Crippen molar-refractivity contribution in [3.05, 3.63) is 28.3 Å². The van der Waals surface area contributed by atoms with E-state index < -0.39 is 14.9 Å². The molecule has 0 unspecified atom stereocenters. The fourth-order valence-electron chi connectivity index (χ4n) is 3.52. The van der Waals surface area contributed by atoms with Gasteiger partial charge < -0.3 is 9.64 Å². The van der Waals surface area contributed by atoms with Gasteiger partial charge in [-0.1, -0.05) is 0 Å². The minimum absolute atomic E-state index is 0.148. The summed E-state index contributed by atoms with van der Waals surface area (Å²) in [6.45, 7) is 5.75. The summed E-state index contributed by atoms with van der Waals surface area (Å²) in [7, 11) is -1.93. The molecule has 0 saturated carbocycles. The number of anilines is 1. The number of hydrazone groups is 1. The molecular weight excluding hydrogens is 398 g/mol. The normalized spacial score (nSPS) is 24.3. The highest BCUT2D eigenvalue weighted by molar-refractivity contribution is 7.89. The van der Waals surface area contributed by atoms with Gasteiger partial charge in [-0.05, 0) is 27.0 Å². The zero-order valence-electron chi connectivity index (χ0n) is 16.9. The smallest absolute Gasteiger partial charge is 0.270 e.